The predicted molar refractivity (Wildman–Crippen MR) is 87.0 cm³/mol. The van der Waals surface area contributed by atoms with Crippen LogP contribution in [0.2, 0.25) is 0 Å². The molecule has 0 unspecified atom stereocenters. The van der Waals surface area contributed by atoms with Gasteiger partial charge in [-0.25, -0.2) is 4.99 Å². The van der Waals surface area contributed by atoms with Crippen LogP contribution in [0.4, 0.5) is 0 Å². The monoisotopic (exact) mass is 293 g/mol. The molecule has 0 heterocycles. The Labute approximate surface area is 127 Å². The smallest absolute Gasteiger partial charge is 0.193 e. The van der Waals surface area contributed by atoms with Crippen LogP contribution >= 0.6 is 0 Å². The van der Waals surface area contributed by atoms with Crippen molar-refractivity contribution in [3.8, 4) is 11.5 Å². The second-order valence-corrected chi connectivity index (χ2v) is 4.91. The quantitative estimate of drug-likeness (QED) is 0.599. The molecule has 1 aromatic carbocycles. The van der Waals surface area contributed by atoms with Crippen LogP contribution in [0.3, 0.4) is 0 Å². The van der Waals surface area contributed by atoms with E-state index in [0.717, 1.165) is 37.5 Å². The first kappa shape index (κ1) is 17.1. The fraction of sp³-hybridized carbons (Fsp3) is 0.562. The van der Waals surface area contributed by atoms with Gasteiger partial charge >= 0.3 is 0 Å². The van der Waals surface area contributed by atoms with Crippen LogP contribution < -0.4 is 10.1 Å². The minimum absolute atomic E-state index is 0.163. The molecule has 0 amide bonds. The van der Waals surface area contributed by atoms with Gasteiger partial charge in [-0.2, -0.15) is 0 Å². The van der Waals surface area contributed by atoms with Crippen LogP contribution in [0.5, 0.6) is 11.5 Å². The molecule has 0 aliphatic carbocycles. The maximum atomic E-state index is 10.1. The first-order valence-corrected chi connectivity index (χ1v) is 7.48. The van der Waals surface area contributed by atoms with Gasteiger partial charge in [0.25, 0.3) is 0 Å². The number of rotatable bonds is 7. The molecule has 0 aliphatic rings. The van der Waals surface area contributed by atoms with Crippen LogP contribution in [0.1, 0.15) is 32.3 Å². The summed E-state index contributed by atoms with van der Waals surface area (Å²) in [4.78, 5) is 6.70. The summed E-state index contributed by atoms with van der Waals surface area (Å²) in [5.74, 6) is 1.50. The van der Waals surface area contributed by atoms with Crippen molar-refractivity contribution in [2.75, 3.05) is 27.2 Å². The van der Waals surface area contributed by atoms with E-state index in [-0.39, 0.29) is 5.75 Å². The van der Waals surface area contributed by atoms with Crippen molar-refractivity contribution in [2.24, 2.45) is 4.99 Å². The minimum atomic E-state index is 0.163. The summed E-state index contributed by atoms with van der Waals surface area (Å²) in [7, 11) is 3.58. The zero-order valence-corrected chi connectivity index (χ0v) is 13.5. The number of unbranched alkanes of at least 4 members (excludes halogenated alkanes) is 1. The van der Waals surface area contributed by atoms with Gasteiger partial charge in [-0.3, -0.25) is 0 Å². The number of hydrogen-bond acceptors (Lipinski definition) is 3. The molecule has 1 aromatic rings. The SMILES string of the molecule is CCCCN(C)C(=NCc1cccc(OC)c1O)NCC. The molecule has 0 saturated heterocycles. The molecule has 0 bridgehead atoms. The number of phenols is 1. The van der Waals surface area contributed by atoms with Crippen LogP contribution in [0.25, 0.3) is 0 Å². The van der Waals surface area contributed by atoms with E-state index in [1.165, 1.54) is 0 Å². The number of nitrogens with one attached hydrogen (secondary N) is 1. The summed E-state index contributed by atoms with van der Waals surface area (Å²) < 4.78 is 5.12. The summed E-state index contributed by atoms with van der Waals surface area (Å²) in [6, 6.07) is 5.45. The number of aliphatic imine (C=N–C) groups is 1. The largest absolute Gasteiger partial charge is 0.504 e. The van der Waals surface area contributed by atoms with Crippen molar-refractivity contribution in [2.45, 2.75) is 33.2 Å². The number of para-hydroxylation sites is 1. The standard InChI is InChI=1S/C16H27N3O2/c1-5-7-11-19(3)16(17-6-2)18-12-13-9-8-10-14(21-4)15(13)20/h8-10,20H,5-7,11-12H2,1-4H3,(H,17,18). The summed E-state index contributed by atoms with van der Waals surface area (Å²) in [5, 5.41) is 13.4. The number of methoxy groups -OCH3 is 1. The first-order valence-electron chi connectivity index (χ1n) is 7.48. The maximum Gasteiger partial charge on any atom is 0.193 e. The van der Waals surface area contributed by atoms with Gasteiger partial charge in [0.05, 0.1) is 13.7 Å². The summed E-state index contributed by atoms with van der Waals surface area (Å²) in [5.41, 5.74) is 0.758. The molecule has 1 rings (SSSR count). The molecular weight excluding hydrogens is 266 g/mol. The molecule has 0 aromatic heterocycles. The Morgan fingerprint density at radius 2 is 2.14 bits per heavy atom. The minimum Gasteiger partial charge on any atom is -0.504 e. The van der Waals surface area contributed by atoms with Crippen LogP contribution in [0, 0.1) is 0 Å². The second-order valence-electron chi connectivity index (χ2n) is 4.91. The average molecular weight is 293 g/mol. The molecule has 2 N–H and O–H groups in total. The zero-order chi connectivity index (χ0) is 15.7. The maximum absolute atomic E-state index is 10.1. The van der Waals surface area contributed by atoms with Crippen molar-refractivity contribution in [1.82, 2.24) is 10.2 Å². The van der Waals surface area contributed by atoms with E-state index >= 15 is 0 Å². The Hall–Kier alpha value is -1.91. The average Bonchev–Trinajstić information content (AvgIpc) is 2.50. The van der Waals surface area contributed by atoms with Crippen molar-refractivity contribution >= 4 is 5.96 Å². The Kier molecular flexibility index (Phi) is 7.43. The third-order valence-corrected chi connectivity index (χ3v) is 3.25. The van der Waals surface area contributed by atoms with Gasteiger partial charge in [-0.05, 0) is 19.4 Å². The van der Waals surface area contributed by atoms with Crippen molar-refractivity contribution in [3.05, 3.63) is 23.8 Å². The summed E-state index contributed by atoms with van der Waals surface area (Å²) >= 11 is 0. The van der Waals surface area contributed by atoms with Gasteiger partial charge in [-0.15, -0.1) is 0 Å². The van der Waals surface area contributed by atoms with Gasteiger partial charge in [0, 0.05) is 25.7 Å². The van der Waals surface area contributed by atoms with E-state index in [4.69, 9.17) is 4.74 Å². The topological polar surface area (TPSA) is 57.1 Å². The number of ether oxygens (including phenoxy) is 1. The predicted octanol–water partition coefficient (Wildman–Crippen LogP) is 2.60. The van der Waals surface area contributed by atoms with Gasteiger partial charge in [0.2, 0.25) is 0 Å². The lowest BCUT2D eigenvalue weighted by Gasteiger charge is -2.21. The molecule has 118 valence electrons. The zero-order valence-electron chi connectivity index (χ0n) is 13.5. The molecule has 5 heteroatoms. The molecule has 0 spiro atoms. The molecule has 5 nitrogen and oxygen atoms in total. The van der Waals surface area contributed by atoms with Crippen LogP contribution in [-0.4, -0.2) is 43.2 Å². The van der Waals surface area contributed by atoms with Gasteiger partial charge in [-0.1, -0.05) is 25.5 Å². The number of benzene rings is 1. The van der Waals surface area contributed by atoms with E-state index in [1.54, 1.807) is 13.2 Å². The van der Waals surface area contributed by atoms with E-state index in [9.17, 15) is 5.11 Å². The van der Waals surface area contributed by atoms with Gasteiger partial charge < -0.3 is 20.1 Å². The highest BCUT2D eigenvalue weighted by molar-refractivity contribution is 5.79. The van der Waals surface area contributed by atoms with Crippen molar-refractivity contribution in [1.29, 1.82) is 0 Å². The van der Waals surface area contributed by atoms with E-state index in [2.05, 4.69) is 22.1 Å². The third kappa shape index (κ3) is 5.17. The highest BCUT2D eigenvalue weighted by Gasteiger charge is 2.08. The molecule has 0 saturated carbocycles. The van der Waals surface area contributed by atoms with E-state index in [0.29, 0.717) is 12.3 Å². The third-order valence-electron chi connectivity index (χ3n) is 3.25. The van der Waals surface area contributed by atoms with Crippen molar-refractivity contribution in [3.63, 3.8) is 0 Å². The lowest BCUT2D eigenvalue weighted by molar-refractivity contribution is 0.370. The lowest BCUT2D eigenvalue weighted by atomic mass is 10.2. The lowest BCUT2D eigenvalue weighted by Crippen LogP contribution is -2.39. The molecular formula is C16H27N3O2. The molecule has 0 aliphatic heterocycles. The summed E-state index contributed by atoms with van der Waals surface area (Å²) in [6.07, 6.45) is 2.28. The van der Waals surface area contributed by atoms with E-state index in [1.807, 2.05) is 26.1 Å². The number of nitrogens with zero attached hydrogens (tertiary/aromatic N) is 2. The highest BCUT2D eigenvalue weighted by atomic mass is 16.5. The van der Waals surface area contributed by atoms with Crippen LogP contribution in [0.15, 0.2) is 23.2 Å². The second kappa shape index (κ2) is 9.10. The number of hydrogen-bond donors (Lipinski definition) is 2. The van der Waals surface area contributed by atoms with Gasteiger partial charge in [0.1, 0.15) is 0 Å². The fourth-order valence-corrected chi connectivity index (χ4v) is 1.99. The van der Waals surface area contributed by atoms with Crippen molar-refractivity contribution < 1.29 is 9.84 Å². The Morgan fingerprint density at radius 3 is 2.76 bits per heavy atom. The number of aromatic hydroxyl groups is 1. The molecule has 0 radical (unpaired) electrons. The molecule has 21 heavy (non-hydrogen) atoms. The first-order chi connectivity index (χ1) is 10.1. The molecule has 0 atom stereocenters. The number of guanidine groups is 1. The Morgan fingerprint density at radius 1 is 1.38 bits per heavy atom. The summed E-state index contributed by atoms with van der Waals surface area (Å²) in [6.45, 7) is 6.42. The van der Waals surface area contributed by atoms with Gasteiger partial charge in [0.15, 0.2) is 17.5 Å². The highest BCUT2D eigenvalue weighted by Crippen LogP contribution is 2.29. The van der Waals surface area contributed by atoms with E-state index < -0.39 is 0 Å². The normalized spacial score (nSPS) is 11.3. The van der Waals surface area contributed by atoms with Crippen LogP contribution in [-0.2, 0) is 6.54 Å². The number of phenolic OH excluding ortho intramolecular Hbond substituents is 1. The molecule has 0 fully saturated rings. The fourth-order valence-electron chi connectivity index (χ4n) is 1.99. The Bertz CT molecular complexity index is 461. The Balaban J connectivity index is 2.82.